The number of amides is 1. The van der Waals surface area contributed by atoms with Gasteiger partial charge in [0.25, 0.3) is 0 Å². The fourth-order valence-corrected chi connectivity index (χ4v) is 1.22. The Balaban J connectivity index is 1.95. The normalized spacial score (nSPS) is 17.9. The van der Waals surface area contributed by atoms with Crippen LogP contribution in [-0.4, -0.2) is 37.7 Å². The first-order valence-corrected chi connectivity index (χ1v) is 5.36. The highest BCUT2D eigenvalue weighted by molar-refractivity contribution is 5.80. The number of ether oxygens (including phenoxy) is 1. The summed E-state index contributed by atoms with van der Waals surface area (Å²) in [6.07, 6.45) is 2.23. The van der Waals surface area contributed by atoms with Crippen molar-refractivity contribution in [2.24, 2.45) is 0 Å². The van der Waals surface area contributed by atoms with Crippen molar-refractivity contribution in [3.05, 3.63) is 0 Å². The zero-order valence-electron chi connectivity index (χ0n) is 9.01. The molecule has 1 atom stereocenters. The highest BCUT2D eigenvalue weighted by Crippen LogP contribution is 2.17. The first-order valence-electron chi connectivity index (χ1n) is 5.36. The quantitative estimate of drug-likeness (QED) is 0.580. The van der Waals surface area contributed by atoms with E-state index in [2.05, 4.69) is 10.6 Å². The van der Waals surface area contributed by atoms with Crippen LogP contribution in [0.2, 0.25) is 0 Å². The molecule has 0 heterocycles. The summed E-state index contributed by atoms with van der Waals surface area (Å²) in [4.78, 5) is 11.3. The SMILES string of the molecule is CCO[C@H](C)C(=O)NCCNC1CC1. The Labute approximate surface area is 85.4 Å². The second kappa shape index (κ2) is 5.98. The van der Waals surface area contributed by atoms with Crippen molar-refractivity contribution in [3.8, 4) is 0 Å². The Morgan fingerprint density at radius 2 is 2.21 bits per heavy atom. The van der Waals surface area contributed by atoms with Crippen LogP contribution in [0.4, 0.5) is 0 Å². The average Bonchev–Trinajstić information content (AvgIpc) is 2.96. The van der Waals surface area contributed by atoms with Crippen molar-refractivity contribution in [1.29, 1.82) is 0 Å². The number of carbonyl (C=O) groups excluding carboxylic acids is 1. The zero-order chi connectivity index (χ0) is 10.4. The first kappa shape index (κ1) is 11.5. The number of hydrogen-bond acceptors (Lipinski definition) is 3. The molecule has 1 fully saturated rings. The Bertz CT molecular complexity index is 181. The summed E-state index contributed by atoms with van der Waals surface area (Å²) < 4.78 is 5.16. The fourth-order valence-electron chi connectivity index (χ4n) is 1.22. The topological polar surface area (TPSA) is 50.4 Å². The highest BCUT2D eigenvalue weighted by Gasteiger charge is 2.19. The van der Waals surface area contributed by atoms with Gasteiger partial charge in [0.1, 0.15) is 6.10 Å². The van der Waals surface area contributed by atoms with Crippen LogP contribution in [0.25, 0.3) is 0 Å². The van der Waals surface area contributed by atoms with Crippen molar-refractivity contribution < 1.29 is 9.53 Å². The Kier molecular flexibility index (Phi) is 4.90. The summed E-state index contributed by atoms with van der Waals surface area (Å²) in [6.45, 7) is 5.78. The molecule has 1 aliphatic rings. The van der Waals surface area contributed by atoms with Gasteiger partial charge in [-0.2, -0.15) is 0 Å². The lowest BCUT2D eigenvalue weighted by atomic mass is 10.3. The number of hydrogen-bond donors (Lipinski definition) is 2. The standard InChI is InChI=1S/C10H20N2O2/c1-3-14-8(2)10(13)12-7-6-11-9-4-5-9/h8-9,11H,3-7H2,1-2H3,(H,12,13)/t8-/m1/s1. The van der Waals surface area contributed by atoms with Gasteiger partial charge in [0, 0.05) is 25.7 Å². The highest BCUT2D eigenvalue weighted by atomic mass is 16.5. The predicted molar refractivity (Wildman–Crippen MR) is 55.1 cm³/mol. The van der Waals surface area contributed by atoms with Crippen molar-refractivity contribution in [1.82, 2.24) is 10.6 Å². The van der Waals surface area contributed by atoms with Gasteiger partial charge in [-0.25, -0.2) is 0 Å². The van der Waals surface area contributed by atoms with Crippen LogP contribution >= 0.6 is 0 Å². The van der Waals surface area contributed by atoms with E-state index in [-0.39, 0.29) is 12.0 Å². The van der Waals surface area contributed by atoms with Crippen molar-refractivity contribution in [2.75, 3.05) is 19.7 Å². The molecule has 0 spiro atoms. The molecule has 82 valence electrons. The second-order valence-corrected chi connectivity index (χ2v) is 3.62. The van der Waals surface area contributed by atoms with Crippen LogP contribution < -0.4 is 10.6 Å². The van der Waals surface area contributed by atoms with Crippen LogP contribution in [0.1, 0.15) is 26.7 Å². The summed E-state index contributed by atoms with van der Waals surface area (Å²) in [6, 6.07) is 0.705. The largest absolute Gasteiger partial charge is 0.369 e. The van der Waals surface area contributed by atoms with Gasteiger partial charge < -0.3 is 15.4 Å². The summed E-state index contributed by atoms with van der Waals surface area (Å²) in [5.74, 6) is -0.0237. The molecule has 0 aromatic rings. The van der Waals surface area contributed by atoms with Crippen molar-refractivity contribution in [2.45, 2.75) is 38.8 Å². The van der Waals surface area contributed by atoms with Gasteiger partial charge in [0.2, 0.25) is 5.91 Å². The Hall–Kier alpha value is -0.610. The molecule has 1 amide bonds. The molecule has 1 rings (SSSR count). The predicted octanol–water partition coefficient (Wildman–Crippen LogP) is 0.280. The van der Waals surface area contributed by atoms with Gasteiger partial charge in [-0.05, 0) is 26.7 Å². The van der Waals surface area contributed by atoms with Crippen LogP contribution in [0.5, 0.6) is 0 Å². The summed E-state index contributed by atoms with van der Waals surface area (Å²) in [7, 11) is 0. The molecule has 1 saturated carbocycles. The van der Waals surface area contributed by atoms with Gasteiger partial charge in [-0.1, -0.05) is 0 Å². The van der Waals surface area contributed by atoms with Crippen molar-refractivity contribution >= 4 is 5.91 Å². The maximum Gasteiger partial charge on any atom is 0.248 e. The van der Waals surface area contributed by atoms with E-state index in [1.165, 1.54) is 12.8 Å². The average molecular weight is 200 g/mol. The first-order chi connectivity index (χ1) is 6.74. The van der Waals surface area contributed by atoms with Gasteiger partial charge >= 0.3 is 0 Å². The van der Waals surface area contributed by atoms with E-state index >= 15 is 0 Å². The molecule has 0 bridgehead atoms. The fraction of sp³-hybridized carbons (Fsp3) is 0.900. The van der Waals surface area contributed by atoms with Crippen LogP contribution in [0.15, 0.2) is 0 Å². The lowest BCUT2D eigenvalue weighted by molar-refractivity contribution is -0.131. The van der Waals surface area contributed by atoms with Gasteiger partial charge in [0.15, 0.2) is 0 Å². The Morgan fingerprint density at radius 3 is 2.79 bits per heavy atom. The summed E-state index contributed by atoms with van der Waals surface area (Å²) in [5.41, 5.74) is 0. The molecular formula is C10H20N2O2. The lowest BCUT2D eigenvalue weighted by Gasteiger charge is -2.11. The molecule has 0 aromatic heterocycles. The summed E-state index contributed by atoms with van der Waals surface area (Å²) >= 11 is 0. The van der Waals surface area contributed by atoms with E-state index in [0.29, 0.717) is 19.2 Å². The summed E-state index contributed by atoms with van der Waals surface area (Å²) in [5, 5.41) is 6.15. The van der Waals surface area contributed by atoms with E-state index in [1.54, 1.807) is 6.92 Å². The monoisotopic (exact) mass is 200 g/mol. The zero-order valence-corrected chi connectivity index (χ0v) is 9.01. The minimum atomic E-state index is -0.332. The molecule has 0 aliphatic heterocycles. The second-order valence-electron chi connectivity index (χ2n) is 3.62. The molecule has 4 nitrogen and oxygen atoms in total. The third kappa shape index (κ3) is 4.58. The van der Waals surface area contributed by atoms with E-state index in [0.717, 1.165) is 6.54 Å². The van der Waals surface area contributed by atoms with E-state index in [1.807, 2.05) is 6.92 Å². The minimum Gasteiger partial charge on any atom is -0.369 e. The van der Waals surface area contributed by atoms with Crippen LogP contribution in [0, 0.1) is 0 Å². The molecule has 14 heavy (non-hydrogen) atoms. The van der Waals surface area contributed by atoms with Gasteiger partial charge in [-0.3, -0.25) is 4.79 Å². The molecule has 1 aliphatic carbocycles. The third-order valence-corrected chi connectivity index (χ3v) is 2.22. The number of carbonyl (C=O) groups is 1. The Morgan fingerprint density at radius 1 is 1.50 bits per heavy atom. The van der Waals surface area contributed by atoms with E-state index < -0.39 is 0 Å². The molecule has 0 radical (unpaired) electrons. The van der Waals surface area contributed by atoms with Crippen molar-refractivity contribution in [3.63, 3.8) is 0 Å². The lowest BCUT2D eigenvalue weighted by Crippen LogP contribution is -2.38. The van der Waals surface area contributed by atoms with E-state index in [9.17, 15) is 4.79 Å². The smallest absolute Gasteiger partial charge is 0.248 e. The molecule has 4 heteroatoms. The minimum absolute atomic E-state index is 0.0237. The number of rotatable bonds is 7. The van der Waals surface area contributed by atoms with Gasteiger partial charge in [0.05, 0.1) is 0 Å². The number of nitrogens with one attached hydrogen (secondary N) is 2. The van der Waals surface area contributed by atoms with E-state index in [4.69, 9.17) is 4.74 Å². The van der Waals surface area contributed by atoms with Crippen LogP contribution in [0.3, 0.4) is 0 Å². The van der Waals surface area contributed by atoms with Gasteiger partial charge in [-0.15, -0.1) is 0 Å². The maximum atomic E-state index is 11.3. The van der Waals surface area contributed by atoms with Crippen LogP contribution in [-0.2, 0) is 9.53 Å². The maximum absolute atomic E-state index is 11.3. The molecule has 0 unspecified atom stereocenters. The molecule has 2 N–H and O–H groups in total. The third-order valence-electron chi connectivity index (χ3n) is 2.22. The molecule has 0 saturated heterocycles. The molecular weight excluding hydrogens is 180 g/mol. The molecule has 0 aromatic carbocycles.